The molecule has 1 aromatic rings. The van der Waals surface area contributed by atoms with E-state index in [9.17, 15) is 4.79 Å². The minimum absolute atomic E-state index is 0.0324. The van der Waals surface area contributed by atoms with Crippen molar-refractivity contribution in [2.45, 2.75) is 12.8 Å². The van der Waals surface area contributed by atoms with Gasteiger partial charge in [-0.25, -0.2) is 0 Å². The molecule has 0 fully saturated rings. The maximum atomic E-state index is 10.4. The Kier molecular flexibility index (Phi) is 4.24. The molecular weight excluding hydrogens is 192 g/mol. The van der Waals surface area contributed by atoms with Crippen molar-refractivity contribution in [1.29, 1.82) is 0 Å². The lowest BCUT2D eigenvalue weighted by atomic mass is 10.1. The molecule has 0 unspecified atom stereocenters. The molecule has 1 aromatic carbocycles. The van der Waals surface area contributed by atoms with E-state index in [1.807, 2.05) is 0 Å². The van der Waals surface area contributed by atoms with E-state index in [0.29, 0.717) is 18.8 Å². The second kappa shape index (κ2) is 5.71. The van der Waals surface area contributed by atoms with Crippen molar-refractivity contribution in [3.8, 4) is 18.1 Å². The number of rotatable bonds is 5. The first-order valence-electron chi connectivity index (χ1n) is 4.59. The van der Waals surface area contributed by atoms with Crippen LogP contribution in [-0.2, 0) is 11.2 Å². The summed E-state index contributed by atoms with van der Waals surface area (Å²) in [6.07, 6.45) is 5.68. The zero-order valence-electron chi connectivity index (χ0n) is 8.27. The molecule has 1 rings (SSSR count). The predicted molar refractivity (Wildman–Crippen MR) is 56.7 cm³/mol. The molecule has 3 heteroatoms. The largest absolute Gasteiger partial charge is 0.493 e. The van der Waals surface area contributed by atoms with E-state index in [0.717, 1.165) is 5.56 Å². The number of aliphatic carboxylic acids is 1. The fourth-order valence-corrected chi connectivity index (χ4v) is 1.11. The van der Waals surface area contributed by atoms with Gasteiger partial charge >= 0.3 is 5.97 Å². The van der Waals surface area contributed by atoms with Gasteiger partial charge in [0, 0.05) is 6.42 Å². The van der Waals surface area contributed by atoms with Crippen LogP contribution in [0.15, 0.2) is 24.3 Å². The van der Waals surface area contributed by atoms with Crippen LogP contribution in [0.2, 0.25) is 0 Å². The molecule has 3 nitrogen and oxygen atoms in total. The summed E-state index contributed by atoms with van der Waals surface area (Å²) in [6, 6.07) is 6.96. The molecule has 0 aliphatic heterocycles. The third kappa shape index (κ3) is 4.19. The second-order valence-corrected chi connectivity index (χ2v) is 3.02. The smallest absolute Gasteiger partial charge is 0.307 e. The average Bonchev–Trinajstić information content (AvgIpc) is 2.20. The summed E-state index contributed by atoms with van der Waals surface area (Å²) in [6.45, 7) is 0.481. The highest BCUT2D eigenvalue weighted by Crippen LogP contribution is 2.12. The first-order chi connectivity index (χ1) is 7.22. The number of hydrogen-bond donors (Lipinski definition) is 1. The van der Waals surface area contributed by atoms with E-state index in [2.05, 4.69) is 5.92 Å². The Bertz CT molecular complexity index is 359. The SMILES string of the molecule is C#CCCOc1ccc(CC(=O)O)cc1. The molecule has 0 radical (unpaired) electrons. The van der Waals surface area contributed by atoms with Crippen molar-refractivity contribution in [3.05, 3.63) is 29.8 Å². The van der Waals surface area contributed by atoms with Crippen LogP contribution in [-0.4, -0.2) is 17.7 Å². The van der Waals surface area contributed by atoms with Crippen molar-refractivity contribution in [2.24, 2.45) is 0 Å². The van der Waals surface area contributed by atoms with Gasteiger partial charge in [0.2, 0.25) is 0 Å². The summed E-state index contributed by atoms with van der Waals surface area (Å²) >= 11 is 0. The lowest BCUT2D eigenvalue weighted by Gasteiger charge is -2.04. The lowest BCUT2D eigenvalue weighted by Crippen LogP contribution is -2.00. The maximum absolute atomic E-state index is 10.4. The van der Waals surface area contributed by atoms with E-state index < -0.39 is 5.97 Å². The zero-order chi connectivity index (χ0) is 11.1. The zero-order valence-corrected chi connectivity index (χ0v) is 8.27. The lowest BCUT2D eigenvalue weighted by molar-refractivity contribution is -0.136. The van der Waals surface area contributed by atoms with Gasteiger partial charge < -0.3 is 9.84 Å². The molecular formula is C12H12O3. The van der Waals surface area contributed by atoms with Crippen LogP contribution in [0.1, 0.15) is 12.0 Å². The summed E-state index contributed by atoms with van der Waals surface area (Å²) in [5, 5.41) is 8.56. The fourth-order valence-electron chi connectivity index (χ4n) is 1.11. The minimum Gasteiger partial charge on any atom is -0.493 e. The van der Waals surface area contributed by atoms with E-state index in [-0.39, 0.29) is 6.42 Å². The summed E-state index contributed by atoms with van der Waals surface area (Å²) in [7, 11) is 0. The summed E-state index contributed by atoms with van der Waals surface area (Å²) in [5.74, 6) is 2.34. The van der Waals surface area contributed by atoms with Gasteiger partial charge in [-0.15, -0.1) is 12.3 Å². The topological polar surface area (TPSA) is 46.5 Å². The fraction of sp³-hybridized carbons (Fsp3) is 0.250. The van der Waals surface area contributed by atoms with Crippen molar-refractivity contribution >= 4 is 5.97 Å². The number of terminal acetylenes is 1. The van der Waals surface area contributed by atoms with E-state index >= 15 is 0 Å². The Balaban J connectivity index is 2.49. The Morgan fingerprint density at radius 1 is 1.40 bits per heavy atom. The van der Waals surface area contributed by atoms with E-state index in [4.69, 9.17) is 16.3 Å². The van der Waals surface area contributed by atoms with Gasteiger partial charge in [-0.2, -0.15) is 0 Å². The Morgan fingerprint density at radius 3 is 2.60 bits per heavy atom. The standard InChI is InChI=1S/C12H12O3/c1-2-3-8-15-11-6-4-10(5-7-11)9-12(13)14/h1,4-7H,3,8-9H2,(H,13,14). The van der Waals surface area contributed by atoms with Gasteiger partial charge in [-0.3, -0.25) is 4.79 Å². The van der Waals surface area contributed by atoms with Gasteiger partial charge in [-0.1, -0.05) is 12.1 Å². The summed E-state index contributed by atoms with van der Waals surface area (Å²) < 4.78 is 5.32. The van der Waals surface area contributed by atoms with Crippen LogP contribution < -0.4 is 4.74 Å². The number of carboxylic acid groups (broad SMARTS) is 1. The Morgan fingerprint density at radius 2 is 2.07 bits per heavy atom. The Labute approximate surface area is 88.7 Å². The predicted octanol–water partition coefficient (Wildman–Crippen LogP) is 1.72. The Hall–Kier alpha value is -1.95. The van der Waals surface area contributed by atoms with Crippen molar-refractivity contribution in [1.82, 2.24) is 0 Å². The van der Waals surface area contributed by atoms with Crippen molar-refractivity contribution in [3.63, 3.8) is 0 Å². The molecule has 0 heterocycles. The van der Waals surface area contributed by atoms with Crippen LogP contribution in [0.4, 0.5) is 0 Å². The van der Waals surface area contributed by atoms with Gasteiger partial charge in [0.25, 0.3) is 0 Å². The van der Waals surface area contributed by atoms with E-state index in [1.165, 1.54) is 0 Å². The summed E-state index contributed by atoms with van der Waals surface area (Å²) in [4.78, 5) is 10.4. The number of carbonyl (C=O) groups is 1. The highest BCUT2D eigenvalue weighted by molar-refractivity contribution is 5.70. The molecule has 0 amide bonds. The van der Waals surface area contributed by atoms with Crippen LogP contribution in [0.3, 0.4) is 0 Å². The van der Waals surface area contributed by atoms with E-state index in [1.54, 1.807) is 24.3 Å². The summed E-state index contributed by atoms with van der Waals surface area (Å²) in [5.41, 5.74) is 0.756. The second-order valence-electron chi connectivity index (χ2n) is 3.02. The first-order valence-corrected chi connectivity index (χ1v) is 4.59. The van der Waals surface area contributed by atoms with Crippen LogP contribution in [0, 0.1) is 12.3 Å². The molecule has 1 N–H and O–H groups in total. The molecule has 0 aromatic heterocycles. The first kappa shape index (κ1) is 11.1. The van der Waals surface area contributed by atoms with Crippen LogP contribution in [0.5, 0.6) is 5.75 Å². The molecule has 78 valence electrons. The highest BCUT2D eigenvalue weighted by atomic mass is 16.5. The third-order valence-corrected chi connectivity index (χ3v) is 1.79. The van der Waals surface area contributed by atoms with Crippen LogP contribution in [0.25, 0.3) is 0 Å². The molecule has 0 aliphatic rings. The molecule has 0 atom stereocenters. The van der Waals surface area contributed by atoms with Crippen LogP contribution >= 0.6 is 0 Å². The van der Waals surface area contributed by atoms with Gasteiger partial charge in [0.15, 0.2) is 0 Å². The normalized spacial score (nSPS) is 9.27. The molecule has 0 saturated heterocycles. The number of benzene rings is 1. The van der Waals surface area contributed by atoms with Crippen molar-refractivity contribution < 1.29 is 14.6 Å². The number of hydrogen-bond acceptors (Lipinski definition) is 2. The van der Waals surface area contributed by atoms with Crippen molar-refractivity contribution in [2.75, 3.05) is 6.61 Å². The monoisotopic (exact) mass is 204 g/mol. The molecule has 0 aliphatic carbocycles. The quantitative estimate of drug-likeness (QED) is 0.586. The highest BCUT2D eigenvalue weighted by Gasteiger charge is 2.00. The number of carboxylic acids is 1. The molecule has 15 heavy (non-hydrogen) atoms. The molecule has 0 saturated carbocycles. The van der Waals surface area contributed by atoms with Gasteiger partial charge in [0.05, 0.1) is 13.0 Å². The maximum Gasteiger partial charge on any atom is 0.307 e. The van der Waals surface area contributed by atoms with Gasteiger partial charge in [0.1, 0.15) is 5.75 Å². The van der Waals surface area contributed by atoms with Gasteiger partial charge in [-0.05, 0) is 17.7 Å². The molecule has 0 bridgehead atoms. The number of ether oxygens (including phenoxy) is 1. The minimum atomic E-state index is -0.837. The average molecular weight is 204 g/mol. The third-order valence-electron chi connectivity index (χ3n) is 1.79. The molecule has 0 spiro atoms.